The van der Waals surface area contributed by atoms with Crippen LogP contribution in [0.2, 0.25) is 0 Å². The third kappa shape index (κ3) is 3.51. The van der Waals surface area contributed by atoms with Crippen molar-refractivity contribution in [1.82, 2.24) is 9.47 Å². The zero-order valence-electron chi connectivity index (χ0n) is 12.3. The molecule has 0 bridgehead atoms. The van der Waals surface area contributed by atoms with Gasteiger partial charge in [-0.1, -0.05) is 12.1 Å². The summed E-state index contributed by atoms with van der Waals surface area (Å²) in [7, 11) is 2.10. The Balaban J connectivity index is 1.58. The lowest BCUT2D eigenvalue weighted by atomic mass is 10.3. The summed E-state index contributed by atoms with van der Waals surface area (Å²) in [6, 6.07) is 9.70. The molecule has 0 atom stereocenters. The van der Waals surface area contributed by atoms with Gasteiger partial charge in [-0.05, 0) is 54.1 Å². The summed E-state index contributed by atoms with van der Waals surface area (Å²) in [5.74, 6) is -0.272. The van der Waals surface area contributed by atoms with E-state index in [0.29, 0.717) is 12.1 Å². The molecular formula is C16H17BrN2O2S. The van der Waals surface area contributed by atoms with Gasteiger partial charge in [-0.2, -0.15) is 0 Å². The molecule has 3 aromatic rings. The van der Waals surface area contributed by atoms with Gasteiger partial charge in [-0.3, -0.25) is 4.57 Å². The Hall–Kier alpha value is -1.37. The van der Waals surface area contributed by atoms with E-state index in [4.69, 9.17) is 4.42 Å². The van der Waals surface area contributed by atoms with Gasteiger partial charge in [0.2, 0.25) is 0 Å². The second kappa shape index (κ2) is 6.81. The van der Waals surface area contributed by atoms with Crippen molar-refractivity contribution in [2.24, 2.45) is 0 Å². The summed E-state index contributed by atoms with van der Waals surface area (Å²) >= 11 is 5.23. The fourth-order valence-corrected chi connectivity index (χ4v) is 4.04. The molecule has 0 saturated heterocycles. The minimum absolute atomic E-state index is 0.272. The van der Waals surface area contributed by atoms with Gasteiger partial charge < -0.3 is 9.32 Å². The van der Waals surface area contributed by atoms with Crippen LogP contribution in [0.25, 0.3) is 11.1 Å². The third-order valence-electron chi connectivity index (χ3n) is 3.54. The smallest absolute Gasteiger partial charge is 0.408 e. The molecule has 4 nitrogen and oxygen atoms in total. The summed E-state index contributed by atoms with van der Waals surface area (Å²) < 4.78 is 8.09. The van der Waals surface area contributed by atoms with Crippen LogP contribution in [0.15, 0.2) is 49.4 Å². The van der Waals surface area contributed by atoms with E-state index in [9.17, 15) is 4.79 Å². The fraction of sp³-hybridized carbons (Fsp3) is 0.312. The molecule has 6 heteroatoms. The molecule has 22 heavy (non-hydrogen) atoms. The summed E-state index contributed by atoms with van der Waals surface area (Å²) in [6.45, 7) is 2.53. The number of thiophene rings is 1. The quantitative estimate of drug-likeness (QED) is 0.649. The minimum Gasteiger partial charge on any atom is -0.408 e. The van der Waals surface area contributed by atoms with E-state index in [1.165, 1.54) is 4.88 Å². The van der Waals surface area contributed by atoms with Crippen molar-refractivity contribution in [3.8, 4) is 0 Å². The van der Waals surface area contributed by atoms with Gasteiger partial charge in [-0.15, -0.1) is 11.3 Å². The van der Waals surface area contributed by atoms with Crippen molar-refractivity contribution in [2.75, 3.05) is 13.6 Å². The van der Waals surface area contributed by atoms with Crippen molar-refractivity contribution in [3.05, 3.63) is 55.6 Å². The van der Waals surface area contributed by atoms with Gasteiger partial charge in [0, 0.05) is 27.8 Å². The van der Waals surface area contributed by atoms with E-state index >= 15 is 0 Å². The molecule has 0 N–H and O–H groups in total. The second-order valence-electron chi connectivity index (χ2n) is 5.31. The van der Waals surface area contributed by atoms with Crippen molar-refractivity contribution in [1.29, 1.82) is 0 Å². The highest BCUT2D eigenvalue weighted by Gasteiger charge is 2.09. The number of fused-ring (bicyclic) bond motifs is 1. The fourth-order valence-electron chi connectivity index (χ4n) is 2.51. The molecule has 1 aromatic carbocycles. The molecule has 0 unspecified atom stereocenters. The van der Waals surface area contributed by atoms with Crippen LogP contribution in [0, 0.1) is 0 Å². The first-order valence-corrected chi connectivity index (χ1v) is 8.80. The first kappa shape index (κ1) is 15.5. The highest BCUT2D eigenvalue weighted by atomic mass is 79.9. The Bertz CT molecular complexity index is 821. The topological polar surface area (TPSA) is 38.4 Å². The lowest BCUT2D eigenvalue weighted by Gasteiger charge is -2.15. The highest BCUT2D eigenvalue weighted by Crippen LogP contribution is 2.20. The Labute approximate surface area is 141 Å². The number of nitrogens with zero attached hydrogens (tertiary/aromatic N) is 2. The van der Waals surface area contributed by atoms with Crippen LogP contribution in [-0.4, -0.2) is 23.1 Å². The van der Waals surface area contributed by atoms with E-state index in [1.807, 2.05) is 24.3 Å². The number of hydrogen-bond acceptors (Lipinski definition) is 4. The number of rotatable bonds is 6. The molecule has 2 heterocycles. The maximum absolute atomic E-state index is 11.9. The summed E-state index contributed by atoms with van der Waals surface area (Å²) in [6.07, 6.45) is 0.909. The van der Waals surface area contributed by atoms with E-state index in [-0.39, 0.29) is 5.76 Å². The van der Waals surface area contributed by atoms with Gasteiger partial charge in [0.1, 0.15) is 0 Å². The molecule has 0 fully saturated rings. The van der Waals surface area contributed by atoms with Crippen LogP contribution < -0.4 is 5.76 Å². The van der Waals surface area contributed by atoms with Gasteiger partial charge in [0.05, 0.1) is 5.52 Å². The zero-order valence-corrected chi connectivity index (χ0v) is 14.7. The van der Waals surface area contributed by atoms with Crippen LogP contribution in [0.1, 0.15) is 11.3 Å². The Morgan fingerprint density at radius 3 is 2.95 bits per heavy atom. The van der Waals surface area contributed by atoms with Gasteiger partial charge in [0.15, 0.2) is 5.58 Å². The van der Waals surface area contributed by atoms with Crippen molar-refractivity contribution < 1.29 is 4.42 Å². The molecule has 0 aliphatic heterocycles. The predicted molar refractivity (Wildman–Crippen MR) is 93.4 cm³/mol. The number of para-hydroxylation sites is 2. The Morgan fingerprint density at radius 2 is 2.18 bits per heavy atom. The number of hydrogen-bond donors (Lipinski definition) is 0. The number of halogens is 1. The highest BCUT2D eigenvalue weighted by molar-refractivity contribution is 9.10. The van der Waals surface area contributed by atoms with Crippen molar-refractivity contribution in [3.63, 3.8) is 0 Å². The predicted octanol–water partition coefficient (Wildman–Crippen LogP) is 3.94. The Kier molecular flexibility index (Phi) is 4.81. The number of aryl methyl sites for hydroxylation is 1. The van der Waals surface area contributed by atoms with Crippen LogP contribution in [0.5, 0.6) is 0 Å². The second-order valence-corrected chi connectivity index (χ2v) is 7.22. The molecule has 116 valence electrons. The van der Waals surface area contributed by atoms with E-state index < -0.39 is 0 Å². The van der Waals surface area contributed by atoms with Crippen LogP contribution in [0.3, 0.4) is 0 Å². The zero-order chi connectivity index (χ0) is 15.5. The third-order valence-corrected chi connectivity index (χ3v) is 5.23. The molecule has 0 saturated carbocycles. The monoisotopic (exact) mass is 380 g/mol. The lowest BCUT2D eigenvalue weighted by molar-refractivity contribution is 0.315. The van der Waals surface area contributed by atoms with Crippen LogP contribution in [0.4, 0.5) is 0 Å². The maximum Gasteiger partial charge on any atom is 0.419 e. The molecule has 0 aliphatic rings. The number of aromatic nitrogens is 1. The minimum atomic E-state index is -0.272. The molecule has 0 amide bonds. The summed E-state index contributed by atoms with van der Waals surface area (Å²) in [5, 5.41) is 2.10. The average Bonchev–Trinajstić information content (AvgIpc) is 3.03. The lowest BCUT2D eigenvalue weighted by Crippen LogP contribution is -2.22. The van der Waals surface area contributed by atoms with Gasteiger partial charge >= 0.3 is 5.76 Å². The Morgan fingerprint density at radius 1 is 1.36 bits per heavy atom. The molecule has 0 aliphatic carbocycles. The maximum atomic E-state index is 11.9. The summed E-state index contributed by atoms with van der Waals surface area (Å²) in [4.78, 5) is 15.5. The normalized spacial score (nSPS) is 11.6. The van der Waals surface area contributed by atoms with E-state index in [0.717, 1.165) is 29.5 Å². The van der Waals surface area contributed by atoms with Gasteiger partial charge in [0.25, 0.3) is 0 Å². The van der Waals surface area contributed by atoms with Crippen molar-refractivity contribution in [2.45, 2.75) is 19.5 Å². The largest absolute Gasteiger partial charge is 0.419 e. The van der Waals surface area contributed by atoms with Crippen molar-refractivity contribution >= 4 is 38.4 Å². The molecular weight excluding hydrogens is 364 g/mol. The molecule has 0 spiro atoms. The molecule has 0 radical (unpaired) electrons. The summed E-state index contributed by atoms with van der Waals surface area (Å²) in [5.41, 5.74) is 1.53. The SMILES string of the molecule is CN(CCCn1c(=O)oc2ccccc21)Cc1cc(Br)cs1. The van der Waals surface area contributed by atoms with Gasteiger partial charge in [-0.25, -0.2) is 4.79 Å². The number of benzene rings is 1. The first-order chi connectivity index (χ1) is 10.6. The molecule has 3 rings (SSSR count). The average molecular weight is 381 g/mol. The number of oxazole rings is 1. The van der Waals surface area contributed by atoms with E-state index in [2.05, 4.69) is 39.3 Å². The first-order valence-electron chi connectivity index (χ1n) is 7.13. The standard InChI is InChI=1S/C16H17BrN2O2S/c1-18(10-13-9-12(17)11-22-13)7-4-8-19-14-5-2-3-6-15(14)21-16(19)20/h2-3,5-6,9,11H,4,7-8,10H2,1H3. The molecule has 2 aromatic heterocycles. The van der Waals surface area contributed by atoms with E-state index in [1.54, 1.807) is 15.9 Å². The van der Waals surface area contributed by atoms with Crippen LogP contribution >= 0.6 is 27.3 Å². The van der Waals surface area contributed by atoms with Crippen LogP contribution in [-0.2, 0) is 13.1 Å².